The Labute approximate surface area is 205 Å². The van der Waals surface area contributed by atoms with Crippen LogP contribution in [0.5, 0.6) is 5.75 Å². The Hall–Kier alpha value is -1.23. The van der Waals surface area contributed by atoms with Gasteiger partial charge in [0.1, 0.15) is 12.4 Å². The van der Waals surface area contributed by atoms with Crippen LogP contribution in [0.2, 0.25) is 0 Å². The number of carbonyl (C=O) groups excluding carboxylic acids is 1. The summed E-state index contributed by atoms with van der Waals surface area (Å²) in [5.74, 6) is -1.37. The van der Waals surface area contributed by atoms with Crippen molar-refractivity contribution in [3.63, 3.8) is 0 Å². The fourth-order valence-electron chi connectivity index (χ4n) is 3.24. The number of ether oxygens (including phenoxy) is 4. The molecule has 2 saturated heterocycles. The molecule has 7 nitrogen and oxygen atoms in total. The maximum absolute atomic E-state index is 14.0. The summed E-state index contributed by atoms with van der Waals surface area (Å²) in [6.45, 7) is 10.5. The topological polar surface area (TPSA) is 60.5 Å². The van der Waals surface area contributed by atoms with E-state index in [9.17, 15) is 13.6 Å². The maximum Gasteiger partial charge on any atom is 0.310 e. The zero-order valence-electron chi connectivity index (χ0n) is 19.0. The third kappa shape index (κ3) is 11.6. The normalized spacial score (nSPS) is 16.8. The number of rotatable bonds is 9. The molecule has 0 unspecified atom stereocenters. The number of hydrogen-bond acceptors (Lipinski definition) is 7. The predicted molar refractivity (Wildman–Crippen MR) is 125 cm³/mol. The van der Waals surface area contributed by atoms with Crippen LogP contribution in [0.25, 0.3) is 0 Å². The van der Waals surface area contributed by atoms with Crippen molar-refractivity contribution in [1.82, 2.24) is 9.80 Å². The molecule has 1 aromatic rings. The third-order valence-electron chi connectivity index (χ3n) is 5.01. The van der Waals surface area contributed by atoms with Gasteiger partial charge in [-0.2, -0.15) is 0 Å². The summed E-state index contributed by atoms with van der Waals surface area (Å²) >= 11 is 5.55. The van der Waals surface area contributed by atoms with E-state index in [1.54, 1.807) is 6.92 Å². The summed E-state index contributed by atoms with van der Waals surface area (Å²) in [5.41, 5.74) is -0.0403. The van der Waals surface area contributed by atoms with E-state index in [-0.39, 0.29) is 43.4 Å². The lowest BCUT2D eigenvalue weighted by molar-refractivity contribution is -0.142. The van der Waals surface area contributed by atoms with Crippen molar-refractivity contribution in [2.45, 2.75) is 13.3 Å². The number of alkyl halides is 1. The van der Waals surface area contributed by atoms with Gasteiger partial charge in [-0.3, -0.25) is 14.6 Å². The summed E-state index contributed by atoms with van der Waals surface area (Å²) < 4.78 is 48.3. The lowest BCUT2D eigenvalue weighted by atomic mass is 10.1. The summed E-state index contributed by atoms with van der Waals surface area (Å²) in [7, 11) is 0. The van der Waals surface area contributed by atoms with Crippen LogP contribution in [0.15, 0.2) is 12.1 Å². The van der Waals surface area contributed by atoms with Crippen LogP contribution in [0.3, 0.4) is 0 Å². The second-order valence-corrected chi connectivity index (χ2v) is 7.68. The Morgan fingerprint density at radius 2 is 1.58 bits per heavy atom. The molecule has 11 heteroatoms. The first-order chi connectivity index (χ1) is 15.5. The third-order valence-corrected chi connectivity index (χ3v) is 5.18. The van der Waals surface area contributed by atoms with Crippen LogP contribution in [0.4, 0.5) is 8.78 Å². The fraction of sp³-hybridized carbons (Fsp3) is 0.682. The molecule has 2 aliphatic heterocycles. The van der Waals surface area contributed by atoms with E-state index in [1.807, 2.05) is 0 Å². The van der Waals surface area contributed by atoms with Gasteiger partial charge in [0.15, 0.2) is 11.6 Å². The van der Waals surface area contributed by atoms with Gasteiger partial charge in [-0.1, -0.05) is 0 Å². The Bertz CT molecular complexity index is 688. The number of esters is 1. The summed E-state index contributed by atoms with van der Waals surface area (Å²) in [6.07, 6.45) is -0.301. The molecule has 1 aromatic carbocycles. The van der Waals surface area contributed by atoms with Gasteiger partial charge in [-0.05, 0) is 13.0 Å². The summed E-state index contributed by atoms with van der Waals surface area (Å²) in [4.78, 5) is 15.8. The van der Waals surface area contributed by atoms with E-state index < -0.39 is 17.6 Å². The zero-order chi connectivity index (χ0) is 23.2. The number of carbonyl (C=O) groups is 1. The predicted octanol–water partition coefficient (Wildman–Crippen LogP) is 2.76. The molecule has 0 saturated carbocycles. The Morgan fingerprint density at radius 1 is 1.00 bits per heavy atom. The molecule has 190 valence electrons. The Morgan fingerprint density at radius 3 is 2.12 bits per heavy atom. The molecule has 3 rings (SSSR count). The lowest BCUT2D eigenvalue weighted by Crippen LogP contribution is -2.38. The highest BCUT2D eigenvalue weighted by Crippen LogP contribution is 2.22. The highest BCUT2D eigenvalue weighted by molar-refractivity contribution is 6.18. The SMILES string of the molecule is CCOC(=O)Cc1cc(F)c(OCCN2CCOCC2)cc1F.Cl.ClCCN1CCOCC1. The molecule has 0 atom stereocenters. The van der Waals surface area contributed by atoms with Crippen molar-refractivity contribution >= 4 is 30.0 Å². The summed E-state index contributed by atoms with van der Waals surface area (Å²) in [5, 5.41) is 0. The lowest BCUT2D eigenvalue weighted by Gasteiger charge is -2.26. The van der Waals surface area contributed by atoms with Gasteiger partial charge in [-0.25, -0.2) is 8.78 Å². The molecule has 0 N–H and O–H groups in total. The monoisotopic (exact) mass is 514 g/mol. The first-order valence-electron chi connectivity index (χ1n) is 11.0. The van der Waals surface area contributed by atoms with Crippen molar-refractivity contribution in [3.8, 4) is 5.75 Å². The molecule has 0 radical (unpaired) electrons. The highest BCUT2D eigenvalue weighted by atomic mass is 35.5. The first kappa shape index (κ1) is 29.8. The van der Waals surface area contributed by atoms with E-state index in [1.165, 1.54) is 0 Å². The minimum Gasteiger partial charge on any atom is -0.489 e. The van der Waals surface area contributed by atoms with Crippen molar-refractivity contribution in [3.05, 3.63) is 29.3 Å². The molecule has 0 aliphatic carbocycles. The van der Waals surface area contributed by atoms with E-state index in [0.717, 1.165) is 64.0 Å². The second kappa shape index (κ2) is 17.2. The fourth-order valence-corrected chi connectivity index (χ4v) is 3.48. The second-order valence-electron chi connectivity index (χ2n) is 7.30. The van der Waals surface area contributed by atoms with Gasteiger partial charge in [-0.15, -0.1) is 24.0 Å². The summed E-state index contributed by atoms with van der Waals surface area (Å²) in [6, 6.07) is 1.96. The molecular weight excluding hydrogens is 481 g/mol. The number of benzene rings is 1. The maximum atomic E-state index is 14.0. The van der Waals surface area contributed by atoms with E-state index in [4.69, 9.17) is 30.5 Å². The van der Waals surface area contributed by atoms with Gasteiger partial charge >= 0.3 is 5.97 Å². The van der Waals surface area contributed by atoms with Gasteiger partial charge in [0.2, 0.25) is 0 Å². The molecule has 0 bridgehead atoms. The molecule has 2 heterocycles. The molecule has 0 amide bonds. The number of hydrogen-bond donors (Lipinski definition) is 0. The largest absolute Gasteiger partial charge is 0.489 e. The van der Waals surface area contributed by atoms with Crippen molar-refractivity contribution in [1.29, 1.82) is 0 Å². The van der Waals surface area contributed by atoms with E-state index in [2.05, 4.69) is 9.80 Å². The van der Waals surface area contributed by atoms with Crippen molar-refractivity contribution in [2.24, 2.45) is 0 Å². The highest BCUT2D eigenvalue weighted by Gasteiger charge is 2.16. The average Bonchev–Trinajstić information content (AvgIpc) is 2.79. The Balaban J connectivity index is 0.000000458. The van der Waals surface area contributed by atoms with Gasteiger partial charge in [0.25, 0.3) is 0 Å². The van der Waals surface area contributed by atoms with Gasteiger partial charge in [0, 0.05) is 56.8 Å². The van der Waals surface area contributed by atoms with Crippen molar-refractivity contribution < 1.29 is 32.5 Å². The van der Waals surface area contributed by atoms with Crippen LogP contribution in [-0.4, -0.2) is 101 Å². The smallest absolute Gasteiger partial charge is 0.310 e. The molecular formula is C22H34Cl2F2N2O5. The van der Waals surface area contributed by atoms with Crippen LogP contribution in [0, 0.1) is 11.6 Å². The van der Waals surface area contributed by atoms with Gasteiger partial charge < -0.3 is 18.9 Å². The van der Waals surface area contributed by atoms with Crippen LogP contribution in [-0.2, 0) is 25.4 Å². The molecule has 2 fully saturated rings. The standard InChI is InChI=1S/C16H21F2NO4.C6H12ClNO.ClH/c1-2-22-16(20)10-12-9-14(18)15(11-13(12)17)23-8-5-19-3-6-21-7-4-19;7-1-2-8-3-5-9-6-4-8;/h9,11H,2-8,10H2,1H3;1-6H2;1H. The van der Waals surface area contributed by atoms with E-state index >= 15 is 0 Å². The number of halogens is 4. The minimum atomic E-state index is -0.687. The zero-order valence-corrected chi connectivity index (χ0v) is 20.6. The number of nitrogens with zero attached hydrogens (tertiary/aromatic N) is 2. The van der Waals surface area contributed by atoms with Gasteiger partial charge in [0.05, 0.1) is 39.5 Å². The average molecular weight is 515 g/mol. The Kier molecular flexibility index (Phi) is 15.6. The molecule has 0 aromatic heterocycles. The van der Waals surface area contributed by atoms with E-state index in [0.29, 0.717) is 19.8 Å². The minimum absolute atomic E-state index is 0. The van der Waals surface area contributed by atoms with Crippen LogP contribution >= 0.6 is 24.0 Å². The molecule has 33 heavy (non-hydrogen) atoms. The molecule has 0 spiro atoms. The number of morpholine rings is 2. The van der Waals surface area contributed by atoms with Crippen LogP contribution in [0.1, 0.15) is 12.5 Å². The first-order valence-corrected chi connectivity index (χ1v) is 11.5. The van der Waals surface area contributed by atoms with Crippen LogP contribution < -0.4 is 4.74 Å². The van der Waals surface area contributed by atoms with Crippen molar-refractivity contribution in [2.75, 3.05) is 84.8 Å². The molecule has 2 aliphatic rings. The quantitative estimate of drug-likeness (QED) is 0.370.